The van der Waals surface area contributed by atoms with E-state index in [-0.39, 0.29) is 18.0 Å². The molecule has 1 aliphatic heterocycles. The van der Waals surface area contributed by atoms with Crippen LogP contribution in [-0.4, -0.2) is 59.6 Å². The van der Waals surface area contributed by atoms with Crippen LogP contribution in [0.1, 0.15) is 20.3 Å². The first-order valence-corrected chi connectivity index (χ1v) is 4.96. The molecule has 1 heterocycles. The summed E-state index contributed by atoms with van der Waals surface area (Å²) in [6.45, 7) is 6.11. The van der Waals surface area contributed by atoms with Crippen molar-refractivity contribution in [2.24, 2.45) is 0 Å². The van der Waals surface area contributed by atoms with Gasteiger partial charge in [0, 0.05) is 24.7 Å². The van der Waals surface area contributed by atoms with Crippen molar-refractivity contribution >= 4 is 5.97 Å². The van der Waals surface area contributed by atoms with Gasteiger partial charge in [0.25, 0.3) is 0 Å². The summed E-state index contributed by atoms with van der Waals surface area (Å²) in [7, 11) is 4.06. The zero-order valence-electron chi connectivity index (χ0n) is 9.45. The van der Waals surface area contributed by atoms with Crippen LogP contribution in [0, 0.1) is 0 Å². The fraction of sp³-hybridized carbons (Fsp3) is 0.900. The first-order valence-electron chi connectivity index (χ1n) is 4.96. The Balaban J connectivity index is 2.62. The van der Waals surface area contributed by atoms with Crippen molar-refractivity contribution in [3.63, 3.8) is 0 Å². The maximum atomic E-state index is 10.6. The summed E-state index contributed by atoms with van der Waals surface area (Å²) >= 11 is 0. The number of hydrogen-bond donors (Lipinski definition) is 1. The van der Waals surface area contributed by atoms with Crippen LogP contribution in [0.5, 0.6) is 0 Å². The van der Waals surface area contributed by atoms with Gasteiger partial charge in [-0.25, -0.2) is 0 Å². The molecule has 1 unspecified atom stereocenters. The molecule has 1 fully saturated rings. The van der Waals surface area contributed by atoms with Gasteiger partial charge in [0.05, 0.1) is 6.42 Å². The van der Waals surface area contributed by atoms with Gasteiger partial charge < -0.3 is 5.11 Å². The largest absolute Gasteiger partial charge is 0.481 e. The maximum absolute atomic E-state index is 10.6. The van der Waals surface area contributed by atoms with Gasteiger partial charge in [-0.2, -0.15) is 0 Å². The fourth-order valence-electron chi connectivity index (χ4n) is 1.98. The van der Waals surface area contributed by atoms with Gasteiger partial charge in [-0.15, -0.1) is 0 Å². The lowest BCUT2D eigenvalue weighted by Gasteiger charge is -2.48. The van der Waals surface area contributed by atoms with E-state index in [1.807, 2.05) is 7.05 Å². The smallest absolute Gasteiger partial charge is 0.304 e. The minimum Gasteiger partial charge on any atom is -0.481 e. The van der Waals surface area contributed by atoms with Gasteiger partial charge in [0.2, 0.25) is 0 Å². The van der Waals surface area contributed by atoms with Crippen molar-refractivity contribution in [1.82, 2.24) is 9.80 Å². The first-order chi connectivity index (χ1) is 6.33. The number of aliphatic carboxylic acids is 1. The second kappa shape index (κ2) is 3.87. The van der Waals surface area contributed by atoms with Crippen molar-refractivity contribution in [3.05, 3.63) is 0 Å². The lowest BCUT2D eigenvalue weighted by Crippen LogP contribution is -2.61. The highest BCUT2D eigenvalue weighted by Gasteiger charge is 2.35. The molecule has 0 saturated carbocycles. The summed E-state index contributed by atoms with van der Waals surface area (Å²) in [5.74, 6) is -0.713. The van der Waals surface area contributed by atoms with Crippen LogP contribution in [-0.2, 0) is 4.79 Å². The van der Waals surface area contributed by atoms with E-state index in [1.165, 1.54) is 0 Å². The average molecular weight is 200 g/mol. The third kappa shape index (κ3) is 2.45. The highest BCUT2D eigenvalue weighted by molar-refractivity contribution is 5.67. The van der Waals surface area contributed by atoms with E-state index in [0.29, 0.717) is 0 Å². The van der Waals surface area contributed by atoms with Gasteiger partial charge >= 0.3 is 5.97 Å². The molecule has 0 radical (unpaired) electrons. The number of carbonyl (C=O) groups is 1. The summed E-state index contributed by atoms with van der Waals surface area (Å²) in [5.41, 5.74) is 0.143. The molecule has 1 N–H and O–H groups in total. The van der Waals surface area contributed by atoms with Crippen LogP contribution in [0.2, 0.25) is 0 Å². The predicted molar refractivity (Wildman–Crippen MR) is 55.4 cm³/mol. The van der Waals surface area contributed by atoms with E-state index in [4.69, 9.17) is 5.11 Å². The third-order valence-corrected chi connectivity index (χ3v) is 3.19. The Kier molecular flexibility index (Phi) is 3.17. The monoisotopic (exact) mass is 200 g/mol. The maximum Gasteiger partial charge on any atom is 0.304 e. The summed E-state index contributed by atoms with van der Waals surface area (Å²) in [5, 5.41) is 8.75. The van der Waals surface area contributed by atoms with E-state index < -0.39 is 5.97 Å². The van der Waals surface area contributed by atoms with Crippen molar-refractivity contribution in [3.8, 4) is 0 Å². The van der Waals surface area contributed by atoms with Gasteiger partial charge in [0.1, 0.15) is 0 Å². The third-order valence-electron chi connectivity index (χ3n) is 3.19. The van der Waals surface area contributed by atoms with Gasteiger partial charge in [-0.3, -0.25) is 14.6 Å². The highest BCUT2D eigenvalue weighted by atomic mass is 16.4. The van der Waals surface area contributed by atoms with E-state index in [1.54, 1.807) is 0 Å². The van der Waals surface area contributed by atoms with Crippen LogP contribution < -0.4 is 0 Å². The lowest BCUT2D eigenvalue weighted by atomic mass is 9.96. The van der Waals surface area contributed by atoms with E-state index in [0.717, 1.165) is 13.1 Å². The number of rotatable bonds is 2. The Bertz CT molecular complexity index is 228. The average Bonchev–Trinajstić information content (AvgIpc) is 1.98. The number of carboxylic acid groups (broad SMARTS) is 1. The second-order valence-corrected chi connectivity index (χ2v) is 4.86. The standard InChI is InChI=1S/C10H20N2O2/c1-10(2)7-11(3)8(5-9(13)14)6-12(10)4/h8H,5-7H2,1-4H3,(H,13,14). The van der Waals surface area contributed by atoms with Crippen LogP contribution in [0.25, 0.3) is 0 Å². The molecule has 1 saturated heterocycles. The zero-order valence-corrected chi connectivity index (χ0v) is 9.45. The van der Waals surface area contributed by atoms with E-state index >= 15 is 0 Å². The van der Waals surface area contributed by atoms with Gasteiger partial charge in [-0.05, 0) is 27.9 Å². The topological polar surface area (TPSA) is 43.8 Å². The molecular formula is C10H20N2O2. The Hall–Kier alpha value is -0.610. The number of carboxylic acids is 1. The zero-order chi connectivity index (χ0) is 10.9. The molecular weight excluding hydrogens is 180 g/mol. The summed E-state index contributed by atoms with van der Waals surface area (Å²) in [4.78, 5) is 15.0. The minimum atomic E-state index is -0.713. The Morgan fingerprint density at radius 1 is 1.50 bits per heavy atom. The molecule has 0 aromatic heterocycles. The molecule has 0 aliphatic carbocycles. The molecule has 14 heavy (non-hydrogen) atoms. The fourth-order valence-corrected chi connectivity index (χ4v) is 1.98. The predicted octanol–water partition coefficient (Wildman–Crippen LogP) is 0.485. The Morgan fingerprint density at radius 2 is 2.07 bits per heavy atom. The van der Waals surface area contributed by atoms with Crippen LogP contribution in [0.4, 0.5) is 0 Å². The van der Waals surface area contributed by atoms with Crippen molar-refractivity contribution < 1.29 is 9.90 Å². The van der Waals surface area contributed by atoms with Crippen molar-refractivity contribution in [2.45, 2.75) is 31.8 Å². The Labute approximate surface area is 85.5 Å². The van der Waals surface area contributed by atoms with Crippen LogP contribution in [0.3, 0.4) is 0 Å². The highest BCUT2D eigenvalue weighted by Crippen LogP contribution is 2.22. The molecule has 82 valence electrons. The molecule has 0 amide bonds. The number of likely N-dealkylation sites (N-methyl/N-ethyl adjacent to an activating group) is 2. The molecule has 1 atom stereocenters. The first kappa shape index (κ1) is 11.5. The van der Waals surface area contributed by atoms with Crippen molar-refractivity contribution in [1.29, 1.82) is 0 Å². The second-order valence-electron chi connectivity index (χ2n) is 4.86. The minimum absolute atomic E-state index is 0.143. The molecule has 4 heteroatoms. The molecule has 4 nitrogen and oxygen atoms in total. The van der Waals surface area contributed by atoms with Crippen LogP contribution in [0.15, 0.2) is 0 Å². The molecule has 1 rings (SSSR count). The number of hydrogen-bond acceptors (Lipinski definition) is 3. The number of piperazine rings is 1. The van der Waals surface area contributed by atoms with Crippen molar-refractivity contribution in [2.75, 3.05) is 27.2 Å². The Morgan fingerprint density at radius 3 is 2.57 bits per heavy atom. The molecule has 1 aliphatic rings. The lowest BCUT2D eigenvalue weighted by molar-refractivity contribution is -0.139. The summed E-state index contributed by atoms with van der Waals surface area (Å²) < 4.78 is 0. The summed E-state index contributed by atoms with van der Waals surface area (Å²) in [6, 6.07) is 0.144. The van der Waals surface area contributed by atoms with Gasteiger partial charge in [-0.1, -0.05) is 0 Å². The molecule has 0 aromatic rings. The summed E-state index contributed by atoms with van der Waals surface area (Å²) in [6.07, 6.45) is 0.233. The molecule has 0 aromatic carbocycles. The SMILES string of the molecule is CN1CC(C)(C)N(C)CC1CC(=O)O. The normalized spacial score (nSPS) is 29.0. The van der Waals surface area contributed by atoms with E-state index in [9.17, 15) is 4.79 Å². The quantitative estimate of drug-likeness (QED) is 0.704. The van der Waals surface area contributed by atoms with Gasteiger partial charge in [0.15, 0.2) is 0 Å². The molecule has 0 spiro atoms. The number of nitrogens with zero attached hydrogens (tertiary/aromatic N) is 2. The molecule has 0 bridgehead atoms. The van der Waals surface area contributed by atoms with E-state index in [2.05, 4.69) is 30.7 Å². The van der Waals surface area contributed by atoms with Crippen LogP contribution >= 0.6 is 0 Å².